The largest absolute Gasteiger partial charge is 0.495 e. The zero-order chi connectivity index (χ0) is 21.3. The lowest BCUT2D eigenvalue weighted by atomic mass is 10.2. The minimum absolute atomic E-state index is 0.111. The predicted molar refractivity (Wildman–Crippen MR) is 123 cm³/mol. The molecule has 4 rings (SSSR count). The highest BCUT2D eigenvalue weighted by molar-refractivity contribution is 7.19. The van der Waals surface area contributed by atoms with E-state index in [4.69, 9.17) is 16.3 Å². The van der Waals surface area contributed by atoms with Gasteiger partial charge in [-0.2, -0.15) is 0 Å². The van der Waals surface area contributed by atoms with Crippen LogP contribution < -0.4 is 15.6 Å². The van der Waals surface area contributed by atoms with Gasteiger partial charge >= 0.3 is 0 Å². The number of rotatable bonds is 6. The molecule has 0 aliphatic heterocycles. The summed E-state index contributed by atoms with van der Waals surface area (Å²) in [6, 6.07) is 9.05. The molecule has 3 heterocycles. The van der Waals surface area contributed by atoms with Gasteiger partial charge in [0, 0.05) is 38.7 Å². The Balaban J connectivity index is 1.55. The third-order valence-electron chi connectivity index (χ3n) is 4.58. The van der Waals surface area contributed by atoms with Gasteiger partial charge in [-0.05, 0) is 37.3 Å². The molecule has 1 N–H and O–H groups in total. The average Bonchev–Trinajstić information content (AvgIpc) is 3.34. The van der Waals surface area contributed by atoms with Crippen LogP contribution in [0.5, 0.6) is 5.75 Å². The predicted octanol–water partition coefficient (Wildman–Crippen LogP) is 5.19. The fourth-order valence-corrected chi connectivity index (χ4v) is 5.13. The summed E-state index contributed by atoms with van der Waals surface area (Å²) in [6.45, 7) is 2.25. The lowest BCUT2D eigenvalue weighted by molar-refractivity contribution is -0.116. The summed E-state index contributed by atoms with van der Waals surface area (Å²) in [5, 5.41) is 5.84. The maximum absolute atomic E-state index is 13.1. The Morgan fingerprint density at radius 3 is 2.87 bits per heavy atom. The van der Waals surface area contributed by atoms with Gasteiger partial charge < -0.3 is 10.1 Å². The van der Waals surface area contributed by atoms with Crippen LogP contribution in [0, 0.1) is 6.92 Å². The summed E-state index contributed by atoms with van der Waals surface area (Å²) >= 11 is 9.10. The third-order valence-corrected chi connectivity index (χ3v) is 6.74. The highest BCUT2D eigenvalue weighted by atomic mass is 35.5. The van der Waals surface area contributed by atoms with Crippen molar-refractivity contribution in [3.8, 4) is 16.2 Å². The quantitative estimate of drug-likeness (QED) is 0.431. The van der Waals surface area contributed by atoms with E-state index in [-0.39, 0.29) is 24.4 Å². The Morgan fingerprint density at radius 1 is 1.30 bits per heavy atom. The second-order valence-electron chi connectivity index (χ2n) is 6.63. The van der Waals surface area contributed by atoms with Crippen LogP contribution in [0.15, 0.2) is 46.8 Å². The minimum atomic E-state index is -0.248. The first kappa shape index (κ1) is 20.6. The minimum Gasteiger partial charge on any atom is -0.495 e. The average molecular weight is 460 g/mol. The molecule has 0 saturated carbocycles. The van der Waals surface area contributed by atoms with E-state index in [1.54, 1.807) is 29.5 Å². The van der Waals surface area contributed by atoms with Gasteiger partial charge in [0.05, 0.1) is 24.5 Å². The van der Waals surface area contributed by atoms with E-state index < -0.39 is 0 Å². The van der Waals surface area contributed by atoms with Crippen molar-refractivity contribution >= 4 is 56.1 Å². The Bertz CT molecular complexity index is 1290. The molecule has 0 unspecified atom stereocenters. The summed E-state index contributed by atoms with van der Waals surface area (Å²) in [7, 11) is 1.52. The van der Waals surface area contributed by atoms with E-state index >= 15 is 0 Å². The van der Waals surface area contributed by atoms with E-state index in [2.05, 4.69) is 10.3 Å². The van der Waals surface area contributed by atoms with Gasteiger partial charge in [0.2, 0.25) is 5.91 Å². The van der Waals surface area contributed by atoms with Crippen LogP contribution in [0.3, 0.4) is 0 Å². The van der Waals surface area contributed by atoms with Gasteiger partial charge in [0.25, 0.3) is 5.56 Å². The van der Waals surface area contributed by atoms with E-state index in [0.717, 1.165) is 10.4 Å². The molecule has 9 heteroatoms. The molecule has 1 amide bonds. The van der Waals surface area contributed by atoms with Crippen molar-refractivity contribution in [1.82, 2.24) is 9.55 Å². The van der Waals surface area contributed by atoms with Crippen molar-refractivity contribution in [1.29, 1.82) is 0 Å². The molecule has 0 saturated heterocycles. The SMILES string of the molecule is COc1ccc(Cl)cc1NC(=O)CCn1cnc2scc(-c3ccc(C)s3)c2c1=O. The summed E-state index contributed by atoms with van der Waals surface area (Å²) in [5.41, 5.74) is 1.24. The summed E-state index contributed by atoms with van der Waals surface area (Å²) in [6.07, 6.45) is 1.61. The Hall–Kier alpha value is -2.68. The van der Waals surface area contributed by atoms with Gasteiger partial charge in [0.1, 0.15) is 10.6 Å². The number of carbonyl (C=O) groups excluding carboxylic acids is 1. The van der Waals surface area contributed by atoms with Crippen molar-refractivity contribution < 1.29 is 9.53 Å². The number of benzene rings is 1. The number of amides is 1. The zero-order valence-corrected chi connectivity index (χ0v) is 18.7. The number of carbonyl (C=O) groups is 1. The molecule has 0 bridgehead atoms. The monoisotopic (exact) mass is 459 g/mol. The van der Waals surface area contributed by atoms with Gasteiger partial charge in [-0.25, -0.2) is 4.98 Å². The number of aromatic nitrogens is 2. The first-order valence-corrected chi connectivity index (χ1v) is 11.2. The molecular weight excluding hydrogens is 442 g/mol. The number of thiophene rings is 2. The number of hydrogen-bond acceptors (Lipinski definition) is 6. The number of nitrogens with zero attached hydrogens (tertiary/aromatic N) is 2. The van der Waals surface area contributed by atoms with Crippen LogP contribution in [0.25, 0.3) is 20.7 Å². The van der Waals surface area contributed by atoms with E-state index in [1.807, 2.05) is 24.4 Å². The number of anilines is 1. The summed E-state index contributed by atoms with van der Waals surface area (Å²) in [5.74, 6) is 0.268. The molecule has 1 aromatic carbocycles. The molecule has 3 aromatic heterocycles. The number of hydrogen-bond donors (Lipinski definition) is 1. The van der Waals surface area contributed by atoms with Crippen LogP contribution in [-0.4, -0.2) is 22.6 Å². The second kappa shape index (κ2) is 8.59. The van der Waals surface area contributed by atoms with E-state index in [1.165, 1.54) is 34.2 Å². The Kier molecular flexibility index (Phi) is 5.90. The maximum Gasteiger partial charge on any atom is 0.262 e. The molecule has 0 aliphatic carbocycles. The molecule has 154 valence electrons. The lowest BCUT2D eigenvalue weighted by Gasteiger charge is -2.11. The maximum atomic E-state index is 13.1. The molecule has 0 atom stereocenters. The van der Waals surface area contributed by atoms with Crippen molar-refractivity contribution in [3.05, 3.63) is 62.3 Å². The molecule has 6 nitrogen and oxygen atoms in total. The number of fused-ring (bicyclic) bond motifs is 1. The highest BCUT2D eigenvalue weighted by Gasteiger charge is 2.15. The van der Waals surface area contributed by atoms with Crippen molar-refractivity contribution in [2.24, 2.45) is 0 Å². The molecule has 0 radical (unpaired) electrons. The fourth-order valence-electron chi connectivity index (χ4n) is 3.10. The van der Waals surface area contributed by atoms with E-state index in [0.29, 0.717) is 26.7 Å². The van der Waals surface area contributed by atoms with Gasteiger partial charge in [0.15, 0.2) is 0 Å². The molecule has 4 aromatic rings. The molecule has 0 aliphatic rings. The highest BCUT2D eigenvalue weighted by Crippen LogP contribution is 2.35. The number of ether oxygens (including phenoxy) is 1. The smallest absolute Gasteiger partial charge is 0.262 e. The fraction of sp³-hybridized carbons (Fsp3) is 0.190. The Labute approximate surface area is 185 Å². The van der Waals surface area contributed by atoms with Gasteiger partial charge in [-0.1, -0.05) is 11.6 Å². The second-order valence-corrected chi connectivity index (χ2v) is 9.21. The normalized spacial score (nSPS) is 11.0. The number of aryl methyl sites for hydroxylation is 2. The molecule has 30 heavy (non-hydrogen) atoms. The molecule has 0 spiro atoms. The summed E-state index contributed by atoms with van der Waals surface area (Å²) in [4.78, 5) is 32.8. The molecule has 0 fully saturated rings. The summed E-state index contributed by atoms with van der Waals surface area (Å²) < 4.78 is 6.72. The van der Waals surface area contributed by atoms with Crippen LogP contribution in [0.2, 0.25) is 5.02 Å². The van der Waals surface area contributed by atoms with Gasteiger partial charge in [-0.3, -0.25) is 14.2 Å². The first-order chi connectivity index (χ1) is 14.5. The lowest BCUT2D eigenvalue weighted by Crippen LogP contribution is -2.23. The van der Waals surface area contributed by atoms with E-state index in [9.17, 15) is 9.59 Å². The van der Waals surface area contributed by atoms with Gasteiger partial charge in [-0.15, -0.1) is 22.7 Å². The Morgan fingerprint density at radius 2 is 2.13 bits per heavy atom. The zero-order valence-electron chi connectivity index (χ0n) is 16.3. The van der Waals surface area contributed by atoms with Crippen molar-refractivity contribution in [3.63, 3.8) is 0 Å². The van der Waals surface area contributed by atoms with Crippen molar-refractivity contribution in [2.75, 3.05) is 12.4 Å². The standard InChI is InChI=1S/C21H18ClN3O3S2/c1-12-3-6-17(30-12)14-10-29-20-19(14)21(27)25(11-23-20)8-7-18(26)24-15-9-13(22)4-5-16(15)28-2/h3-6,9-11H,7-8H2,1-2H3,(H,24,26). The van der Waals surface area contributed by atoms with Crippen LogP contribution >= 0.6 is 34.3 Å². The number of methoxy groups -OCH3 is 1. The topological polar surface area (TPSA) is 73.2 Å². The van der Waals surface area contributed by atoms with Crippen LogP contribution in [0.4, 0.5) is 5.69 Å². The molecular formula is C21H18ClN3O3S2. The van der Waals surface area contributed by atoms with Crippen LogP contribution in [0.1, 0.15) is 11.3 Å². The number of nitrogens with one attached hydrogen (secondary N) is 1. The third kappa shape index (κ3) is 4.12. The number of halogens is 1. The van der Waals surface area contributed by atoms with Crippen molar-refractivity contribution in [2.45, 2.75) is 19.9 Å². The van der Waals surface area contributed by atoms with Crippen LogP contribution in [-0.2, 0) is 11.3 Å². The first-order valence-electron chi connectivity index (χ1n) is 9.13.